The summed E-state index contributed by atoms with van der Waals surface area (Å²) in [6.45, 7) is 3.08. The standard InChI is InChI=1S/C19H25FN2O2.2ClH/c1-22(2)11-10-21-13-16-6-9-18(19(12-16)23-3)24-14-15-4-7-17(20)8-5-15;;/h4-9,12,21H,10-11,13-14H2,1-3H3;2*1H. The van der Waals surface area contributed by atoms with E-state index in [1.165, 1.54) is 12.1 Å². The fraction of sp³-hybridized carbons (Fsp3) is 0.368. The van der Waals surface area contributed by atoms with Gasteiger partial charge in [0.2, 0.25) is 0 Å². The Morgan fingerprint density at radius 2 is 1.62 bits per heavy atom. The number of hydrogen-bond acceptors (Lipinski definition) is 4. The number of ether oxygens (including phenoxy) is 2. The van der Waals surface area contributed by atoms with Gasteiger partial charge in [-0.2, -0.15) is 0 Å². The van der Waals surface area contributed by atoms with Crippen LogP contribution in [0.1, 0.15) is 11.1 Å². The molecule has 2 rings (SSSR count). The highest BCUT2D eigenvalue weighted by atomic mass is 35.5. The molecule has 2 aromatic rings. The summed E-state index contributed by atoms with van der Waals surface area (Å²) in [6, 6.07) is 12.2. The smallest absolute Gasteiger partial charge is 0.161 e. The van der Waals surface area contributed by atoms with Crippen molar-refractivity contribution in [1.29, 1.82) is 0 Å². The normalized spacial score (nSPS) is 10.0. The molecule has 2 aromatic carbocycles. The second-order valence-electron chi connectivity index (χ2n) is 5.88. The molecular formula is C19H27Cl2FN2O2. The van der Waals surface area contributed by atoms with Crippen molar-refractivity contribution < 1.29 is 13.9 Å². The Hall–Kier alpha value is -1.53. The third-order valence-corrected chi connectivity index (χ3v) is 3.60. The first-order chi connectivity index (χ1) is 11.6. The van der Waals surface area contributed by atoms with Gasteiger partial charge in [-0.15, -0.1) is 24.8 Å². The summed E-state index contributed by atoms with van der Waals surface area (Å²) in [7, 11) is 5.74. The van der Waals surface area contributed by atoms with Gasteiger partial charge in [-0.3, -0.25) is 0 Å². The van der Waals surface area contributed by atoms with Gasteiger partial charge in [-0.05, 0) is 49.5 Å². The van der Waals surface area contributed by atoms with E-state index in [0.29, 0.717) is 18.1 Å². The van der Waals surface area contributed by atoms with Crippen LogP contribution in [0.25, 0.3) is 0 Å². The molecule has 4 nitrogen and oxygen atoms in total. The van der Waals surface area contributed by atoms with Gasteiger partial charge in [-0.1, -0.05) is 18.2 Å². The molecule has 0 unspecified atom stereocenters. The van der Waals surface area contributed by atoms with Crippen LogP contribution in [0.15, 0.2) is 42.5 Å². The Bertz CT molecular complexity index is 640. The monoisotopic (exact) mass is 404 g/mol. The van der Waals surface area contributed by atoms with Crippen LogP contribution in [0, 0.1) is 5.82 Å². The van der Waals surface area contributed by atoms with Gasteiger partial charge >= 0.3 is 0 Å². The number of halogens is 3. The molecule has 0 saturated carbocycles. The maximum Gasteiger partial charge on any atom is 0.161 e. The Morgan fingerprint density at radius 1 is 0.962 bits per heavy atom. The number of likely N-dealkylation sites (N-methyl/N-ethyl adjacent to an activating group) is 1. The number of benzene rings is 2. The molecule has 0 aliphatic carbocycles. The second kappa shape index (κ2) is 12.8. The van der Waals surface area contributed by atoms with Gasteiger partial charge in [0, 0.05) is 19.6 Å². The van der Waals surface area contributed by atoms with Crippen LogP contribution in [0.3, 0.4) is 0 Å². The van der Waals surface area contributed by atoms with Crippen LogP contribution >= 0.6 is 24.8 Å². The zero-order chi connectivity index (χ0) is 17.4. The van der Waals surface area contributed by atoms with Gasteiger partial charge in [0.1, 0.15) is 12.4 Å². The summed E-state index contributed by atoms with van der Waals surface area (Å²) in [5.74, 6) is 1.13. The lowest BCUT2D eigenvalue weighted by molar-refractivity contribution is 0.284. The van der Waals surface area contributed by atoms with Crippen LogP contribution < -0.4 is 14.8 Å². The molecule has 0 heterocycles. The summed E-state index contributed by atoms with van der Waals surface area (Å²) in [6.07, 6.45) is 0. The lowest BCUT2D eigenvalue weighted by atomic mass is 10.2. The van der Waals surface area contributed by atoms with Crippen LogP contribution in [0.5, 0.6) is 11.5 Å². The van der Waals surface area contributed by atoms with Crippen molar-refractivity contribution in [3.05, 3.63) is 59.4 Å². The molecule has 0 saturated heterocycles. The maximum atomic E-state index is 12.9. The van der Waals surface area contributed by atoms with Gasteiger partial charge < -0.3 is 19.7 Å². The SMILES string of the molecule is COc1cc(CNCCN(C)C)ccc1OCc1ccc(F)cc1.Cl.Cl. The third kappa shape index (κ3) is 8.23. The van der Waals surface area contributed by atoms with Crippen molar-refractivity contribution in [2.75, 3.05) is 34.3 Å². The summed E-state index contributed by atoms with van der Waals surface area (Å²) in [4.78, 5) is 2.14. The highest BCUT2D eigenvalue weighted by molar-refractivity contribution is 5.85. The zero-order valence-corrected chi connectivity index (χ0v) is 17.0. The molecular weight excluding hydrogens is 378 g/mol. The van der Waals surface area contributed by atoms with E-state index in [9.17, 15) is 4.39 Å². The molecule has 0 aromatic heterocycles. The molecule has 0 atom stereocenters. The molecule has 0 radical (unpaired) electrons. The van der Waals surface area contributed by atoms with Crippen molar-refractivity contribution in [3.8, 4) is 11.5 Å². The van der Waals surface area contributed by atoms with E-state index in [4.69, 9.17) is 9.47 Å². The van der Waals surface area contributed by atoms with Crippen LogP contribution in [-0.2, 0) is 13.2 Å². The molecule has 1 N–H and O–H groups in total. The average Bonchev–Trinajstić information content (AvgIpc) is 2.58. The van der Waals surface area contributed by atoms with Gasteiger partial charge in [0.05, 0.1) is 7.11 Å². The fourth-order valence-corrected chi connectivity index (χ4v) is 2.22. The topological polar surface area (TPSA) is 33.7 Å². The minimum atomic E-state index is -0.248. The van der Waals surface area contributed by atoms with E-state index in [0.717, 1.165) is 30.8 Å². The van der Waals surface area contributed by atoms with E-state index < -0.39 is 0 Å². The molecule has 0 aliphatic heterocycles. The lowest BCUT2D eigenvalue weighted by Crippen LogP contribution is -2.26. The first kappa shape index (κ1) is 24.5. The molecule has 0 aliphatic rings. The minimum Gasteiger partial charge on any atom is -0.493 e. The van der Waals surface area contributed by atoms with Crippen LogP contribution in [-0.4, -0.2) is 39.2 Å². The molecule has 0 bridgehead atoms. The molecule has 0 spiro atoms. The predicted molar refractivity (Wildman–Crippen MR) is 108 cm³/mol. The Morgan fingerprint density at radius 3 is 2.23 bits per heavy atom. The van der Waals surface area contributed by atoms with E-state index in [1.54, 1.807) is 19.2 Å². The summed E-state index contributed by atoms with van der Waals surface area (Å²) in [5, 5.41) is 3.39. The van der Waals surface area contributed by atoms with E-state index >= 15 is 0 Å². The molecule has 26 heavy (non-hydrogen) atoms. The summed E-state index contributed by atoms with van der Waals surface area (Å²) in [5.41, 5.74) is 2.05. The highest BCUT2D eigenvalue weighted by Crippen LogP contribution is 2.28. The van der Waals surface area contributed by atoms with Crippen molar-refractivity contribution in [1.82, 2.24) is 10.2 Å². The fourth-order valence-electron chi connectivity index (χ4n) is 2.22. The number of nitrogens with one attached hydrogen (secondary N) is 1. The molecule has 7 heteroatoms. The van der Waals surface area contributed by atoms with E-state index in [-0.39, 0.29) is 30.6 Å². The Balaban J connectivity index is 0.00000312. The number of rotatable bonds is 9. The van der Waals surface area contributed by atoms with Crippen molar-refractivity contribution in [2.24, 2.45) is 0 Å². The van der Waals surface area contributed by atoms with Gasteiger partial charge in [-0.25, -0.2) is 4.39 Å². The highest BCUT2D eigenvalue weighted by Gasteiger charge is 2.06. The number of hydrogen-bond donors (Lipinski definition) is 1. The van der Waals surface area contributed by atoms with E-state index in [2.05, 4.69) is 24.3 Å². The quantitative estimate of drug-likeness (QED) is 0.642. The number of nitrogens with zero attached hydrogens (tertiary/aromatic N) is 1. The first-order valence-electron chi connectivity index (χ1n) is 7.98. The minimum absolute atomic E-state index is 0. The van der Waals surface area contributed by atoms with Crippen LogP contribution in [0.4, 0.5) is 4.39 Å². The van der Waals surface area contributed by atoms with Gasteiger partial charge in [0.25, 0.3) is 0 Å². The summed E-state index contributed by atoms with van der Waals surface area (Å²) >= 11 is 0. The molecule has 0 fully saturated rings. The van der Waals surface area contributed by atoms with E-state index in [1.807, 2.05) is 18.2 Å². The molecule has 146 valence electrons. The van der Waals surface area contributed by atoms with Crippen molar-refractivity contribution in [3.63, 3.8) is 0 Å². The first-order valence-corrected chi connectivity index (χ1v) is 7.98. The van der Waals surface area contributed by atoms with Crippen molar-refractivity contribution >= 4 is 24.8 Å². The zero-order valence-electron chi connectivity index (χ0n) is 15.3. The largest absolute Gasteiger partial charge is 0.493 e. The average molecular weight is 405 g/mol. The van der Waals surface area contributed by atoms with Crippen molar-refractivity contribution in [2.45, 2.75) is 13.2 Å². The maximum absolute atomic E-state index is 12.9. The predicted octanol–water partition coefficient (Wildman–Crippen LogP) is 3.91. The number of methoxy groups -OCH3 is 1. The third-order valence-electron chi connectivity index (χ3n) is 3.60. The van der Waals surface area contributed by atoms with Crippen LogP contribution in [0.2, 0.25) is 0 Å². The Labute approximate surface area is 167 Å². The molecule has 0 amide bonds. The lowest BCUT2D eigenvalue weighted by Gasteiger charge is -2.13. The second-order valence-corrected chi connectivity index (χ2v) is 5.88. The Kier molecular flexibility index (Phi) is 12.0. The van der Waals surface area contributed by atoms with Gasteiger partial charge in [0.15, 0.2) is 11.5 Å². The summed E-state index contributed by atoms with van der Waals surface area (Å²) < 4.78 is 24.1.